The van der Waals surface area contributed by atoms with Crippen LogP contribution in [-0.4, -0.2) is 27.1 Å². The third-order valence-electron chi connectivity index (χ3n) is 2.24. The molecule has 1 amide bonds. The minimum atomic E-state index is -1.12. The van der Waals surface area contributed by atoms with E-state index in [4.69, 9.17) is 9.63 Å². The van der Waals surface area contributed by atoms with Crippen molar-refractivity contribution < 1.29 is 19.2 Å². The number of carbonyl (C=O) groups excluding carboxylic acids is 1. The van der Waals surface area contributed by atoms with E-state index in [0.717, 1.165) is 0 Å². The Balaban J connectivity index is 2.13. The van der Waals surface area contributed by atoms with Gasteiger partial charge >= 0.3 is 5.97 Å². The summed E-state index contributed by atoms with van der Waals surface area (Å²) >= 11 is 0. The second-order valence-corrected chi connectivity index (χ2v) is 3.49. The number of rotatable bonds is 3. The summed E-state index contributed by atoms with van der Waals surface area (Å²) < 4.78 is 4.77. The van der Waals surface area contributed by atoms with E-state index in [1.54, 1.807) is 6.92 Å². The zero-order valence-corrected chi connectivity index (χ0v) is 9.38. The van der Waals surface area contributed by atoms with Crippen molar-refractivity contribution in [2.45, 2.75) is 6.92 Å². The highest BCUT2D eigenvalue weighted by atomic mass is 16.5. The number of pyridine rings is 1. The summed E-state index contributed by atoms with van der Waals surface area (Å²) in [5, 5.41) is 14.7. The Labute approximate surface area is 101 Å². The lowest BCUT2D eigenvalue weighted by Gasteiger charge is -2.03. The molecule has 0 saturated carbocycles. The minimum absolute atomic E-state index is 0.0887. The van der Waals surface area contributed by atoms with Gasteiger partial charge in [0.2, 0.25) is 0 Å². The highest BCUT2D eigenvalue weighted by Gasteiger charge is 2.13. The molecule has 18 heavy (non-hydrogen) atoms. The molecule has 2 aromatic heterocycles. The van der Waals surface area contributed by atoms with Gasteiger partial charge in [0.1, 0.15) is 17.0 Å². The van der Waals surface area contributed by atoms with Crippen LogP contribution < -0.4 is 5.32 Å². The topological polar surface area (TPSA) is 105 Å². The van der Waals surface area contributed by atoms with Gasteiger partial charge in [0.05, 0.1) is 18.1 Å². The second kappa shape index (κ2) is 4.66. The first-order valence-electron chi connectivity index (χ1n) is 5.00. The second-order valence-electron chi connectivity index (χ2n) is 3.49. The van der Waals surface area contributed by atoms with Crippen molar-refractivity contribution in [3.63, 3.8) is 0 Å². The molecule has 0 aliphatic rings. The minimum Gasteiger partial charge on any atom is -0.477 e. The van der Waals surface area contributed by atoms with Gasteiger partial charge in [0, 0.05) is 0 Å². The van der Waals surface area contributed by atoms with Gasteiger partial charge in [-0.2, -0.15) is 0 Å². The van der Waals surface area contributed by atoms with E-state index in [9.17, 15) is 9.59 Å². The number of hydrogen-bond donors (Lipinski definition) is 2. The number of amides is 1. The van der Waals surface area contributed by atoms with Gasteiger partial charge in [-0.15, -0.1) is 0 Å². The van der Waals surface area contributed by atoms with Crippen LogP contribution in [0.2, 0.25) is 0 Å². The van der Waals surface area contributed by atoms with Crippen molar-refractivity contribution in [2.75, 3.05) is 5.32 Å². The van der Waals surface area contributed by atoms with Gasteiger partial charge in [-0.05, 0) is 19.1 Å². The molecule has 7 heteroatoms. The first-order chi connectivity index (χ1) is 8.58. The molecular formula is C11H9N3O4. The lowest BCUT2D eigenvalue weighted by molar-refractivity contribution is 0.0690. The van der Waals surface area contributed by atoms with Crippen LogP contribution in [0.4, 0.5) is 5.69 Å². The van der Waals surface area contributed by atoms with E-state index in [2.05, 4.69) is 15.5 Å². The van der Waals surface area contributed by atoms with Gasteiger partial charge < -0.3 is 14.9 Å². The van der Waals surface area contributed by atoms with Gasteiger partial charge in [0.15, 0.2) is 0 Å². The molecule has 0 aliphatic carbocycles. The fourth-order valence-corrected chi connectivity index (χ4v) is 1.31. The van der Waals surface area contributed by atoms with Crippen LogP contribution in [0.25, 0.3) is 0 Å². The Kier molecular flexibility index (Phi) is 3.05. The molecule has 0 fully saturated rings. The number of carboxylic acid groups (broad SMARTS) is 1. The maximum Gasteiger partial charge on any atom is 0.354 e. The predicted octanol–water partition coefficient (Wildman–Crippen LogP) is 1.33. The molecule has 0 aromatic carbocycles. The van der Waals surface area contributed by atoms with E-state index >= 15 is 0 Å². The number of aryl methyl sites for hydroxylation is 1. The largest absolute Gasteiger partial charge is 0.477 e. The van der Waals surface area contributed by atoms with E-state index < -0.39 is 11.9 Å². The Morgan fingerprint density at radius 1 is 1.33 bits per heavy atom. The molecule has 2 rings (SSSR count). The maximum atomic E-state index is 11.8. The van der Waals surface area contributed by atoms with Gasteiger partial charge in [-0.1, -0.05) is 5.16 Å². The van der Waals surface area contributed by atoms with Crippen molar-refractivity contribution in [2.24, 2.45) is 0 Å². The van der Waals surface area contributed by atoms with Gasteiger partial charge in [-0.3, -0.25) is 4.79 Å². The number of nitrogens with zero attached hydrogens (tertiary/aromatic N) is 2. The van der Waals surface area contributed by atoms with Gasteiger partial charge in [-0.25, -0.2) is 9.78 Å². The SMILES string of the molecule is Cc1oncc1C(=O)Nc1ccc(C(=O)O)nc1. The Morgan fingerprint density at radius 3 is 2.61 bits per heavy atom. The number of anilines is 1. The summed E-state index contributed by atoms with van der Waals surface area (Å²) in [6.07, 6.45) is 2.58. The summed E-state index contributed by atoms with van der Waals surface area (Å²) in [4.78, 5) is 26.0. The summed E-state index contributed by atoms with van der Waals surface area (Å²) in [6.45, 7) is 1.62. The molecule has 0 radical (unpaired) electrons. The Morgan fingerprint density at radius 2 is 2.11 bits per heavy atom. The average Bonchev–Trinajstić information content (AvgIpc) is 2.76. The molecule has 0 saturated heterocycles. The molecule has 0 aliphatic heterocycles. The molecule has 0 spiro atoms. The number of aromatic carboxylic acids is 1. The first-order valence-corrected chi connectivity index (χ1v) is 5.00. The van der Waals surface area contributed by atoms with E-state index in [-0.39, 0.29) is 5.69 Å². The van der Waals surface area contributed by atoms with Crippen molar-refractivity contribution in [3.8, 4) is 0 Å². The summed E-state index contributed by atoms with van der Waals surface area (Å²) in [5.74, 6) is -1.11. The molecular weight excluding hydrogens is 238 g/mol. The summed E-state index contributed by atoms with van der Waals surface area (Å²) in [7, 11) is 0. The fraction of sp³-hybridized carbons (Fsp3) is 0.0909. The maximum absolute atomic E-state index is 11.8. The molecule has 92 valence electrons. The Bertz CT molecular complexity index is 589. The van der Waals surface area contributed by atoms with Crippen molar-refractivity contribution in [1.29, 1.82) is 0 Å². The lowest BCUT2D eigenvalue weighted by Crippen LogP contribution is -2.12. The molecule has 0 unspecified atom stereocenters. The van der Waals surface area contributed by atoms with E-state index in [0.29, 0.717) is 17.0 Å². The van der Waals surface area contributed by atoms with Crippen molar-refractivity contribution in [3.05, 3.63) is 41.5 Å². The number of hydrogen-bond acceptors (Lipinski definition) is 5. The Hall–Kier alpha value is -2.70. The first kappa shape index (κ1) is 11.8. The highest BCUT2D eigenvalue weighted by molar-refractivity contribution is 6.04. The number of nitrogens with one attached hydrogen (secondary N) is 1. The van der Waals surface area contributed by atoms with Crippen LogP contribution >= 0.6 is 0 Å². The molecule has 2 N–H and O–H groups in total. The van der Waals surface area contributed by atoms with Crippen LogP contribution in [0.1, 0.15) is 26.6 Å². The third kappa shape index (κ3) is 2.34. The fourth-order valence-electron chi connectivity index (χ4n) is 1.31. The summed E-state index contributed by atoms with van der Waals surface area (Å²) in [5.41, 5.74) is 0.622. The zero-order chi connectivity index (χ0) is 13.1. The van der Waals surface area contributed by atoms with Gasteiger partial charge in [0.25, 0.3) is 5.91 Å². The third-order valence-corrected chi connectivity index (χ3v) is 2.24. The molecule has 0 bridgehead atoms. The normalized spacial score (nSPS) is 10.1. The summed E-state index contributed by atoms with van der Waals surface area (Å²) in [6, 6.07) is 2.76. The zero-order valence-electron chi connectivity index (χ0n) is 9.38. The van der Waals surface area contributed by atoms with Crippen LogP contribution in [0.15, 0.2) is 29.0 Å². The molecule has 2 heterocycles. The quantitative estimate of drug-likeness (QED) is 0.847. The monoisotopic (exact) mass is 247 g/mol. The van der Waals surface area contributed by atoms with Crippen LogP contribution in [0.3, 0.4) is 0 Å². The number of carbonyl (C=O) groups is 2. The van der Waals surface area contributed by atoms with Crippen LogP contribution in [-0.2, 0) is 0 Å². The van der Waals surface area contributed by atoms with E-state index in [1.165, 1.54) is 24.5 Å². The van der Waals surface area contributed by atoms with Crippen LogP contribution in [0, 0.1) is 6.92 Å². The smallest absolute Gasteiger partial charge is 0.354 e. The molecule has 2 aromatic rings. The molecule has 7 nitrogen and oxygen atoms in total. The van der Waals surface area contributed by atoms with Crippen LogP contribution in [0.5, 0.6) is 0 Å². The number of carboxylic acids is 1. The molecule has 0 atom stereocenters. The number of aromatic nitrogens is 2. The highest BCUT2D eigenvalue weighted by Crippen LogP contribution is 2.11. The van der Waals surface area contributed by atoms with E-state index in [1.807, 2.05) is 0 Å². The van der Waals surface area contributed by atoms with Crippen molar-refractivity contribution in [1.82, 2.24) is 10.1 Å². The average molecular weight is 247 g/mol. The standard InChI is InChI=1S/C11H9N3O4/c1-6-8(5-13-18-6)10(15)14-7-2-3-9(11(16)17)12-4-7/h2-5H,1H3,(H,14,15)(H,16,17). The lowest BCUT2D eigenvalue weighted by atomic mass is 10.2. The van der Waals surface area contributed by atoms with Crippen molar-refractivity contribution >= 4 is 17.6 Å². The predicted molar refractivity (Wildman–Crippen MR) is 60.4 cm³/mol.